The van der Waals surface area contributed by atoms with Gasteiger partial charge < -0.3 is 9.64 Å². The maximum absolute atomic E-state index is 13.4. The molecule has 29 heavy (non-hydrogen) atoms. The summed E-state index contributed by atoms with van der Waals surface area (Å²) >= 11 is 0. The van der Waals surface area contributed by atoms with Gasteiger partial charge in [-0.1, -0.05) is 12.1 Å². The Kier molecular flexibility index (Phi) is 6.19. The Morgan fingerprint density at radius 2 is 2.17 bits per heavy atom. The maximum Gasteiger partial charge on any atom is 0.227 e. The van der Waals surface area contributed by atoms with Crippen LogP contribution in [-0.4, -0.2) is 40.5 Å². The molecule has 2 heterocycles. The molecule has 154 valence electrons. The first-order chi connectivity index (χ1) is 14.1. The van der Waals surface area contributed by atoms with E-state index in [0.717, 1.165) is 49.0 Å². The van der Waals surface area contributed by atoms with Crippen LogP contribution in [0.5, 0.6) is 0 Å². The Morgan fingerprint density at radius 1 is 1.31 bits per heavy atom. The van der Waals surface area contributed by atoms with E-state index >= 15 is 0 Å². The van der Waals surface area contributed by atoms with Crippen LogP contribution < -0.4 is 0 Å². The van der Waals surface area contributed by atoms with Gasteiger partial charge in [0.1, 0.15) is 11.6 Å². The molecule has 2 aromatic rings. The number of halogens is 1. The molecule has 0 radical (unpaired) electrons. The molecule has 2 aliphatic rings. The van der Waals surface area contributed by atoms with E-state index in [1.165, 1.54) is 25.0 Å². The Labute approximate surface area is 171 Å². The van der Waals surface area contributed by atoms with E-state index in [2.05, 4.69) is 4.98 Å². The number of benzene rings is 1. The Bertz CT molecular complexity index is 869. The van der Waals surface area contributed by atoms with E-state index in [4.69, 9.17) is 9.72 Å². The average Bonchev–Trinajstić information content (AvgIpc) is 3.53. The lowest BCUT2D eigenvalue weighted by Gasteiger charge is -2.33. The molecule has 1 aromatic carbocycles. The summed E-state index contributed by atoms with van der Waals surface area (Å²) in [5.41, 5.74) is 2.75. The molecule has 0 spiro atoms. The largest absolute Gasteiger partial charge is 0.376 e. The van der Waals surface area contributed by atoms with Crippen LogP contribution in [0.1, 0.15) is 54.2 Å². The van der Waals surface area contributed by atoms with Crippen LogP contribution in [-0.2, 0) is 22.6 Å². The van der Waals surface area contributed by atoms with E-state index in [1.807, 2.05) is 18.0 Å². The summed E-state index contributed by atoms with van der Waals surface area (Å²) < 4.78 is 19.3. The van der Waals surface area contributed by atoms with Crippen molar-refractivity contribution in [3.63, 3.8) is 0 Å². The lowest BCUT2D eigenvalue weighted by Crippen LogP contribution is -2.40. The number of piperidine rings is 1. The number of hydrogen-bond donors (Lipinski definition) is 0. The highest BCUT2D eigenvalue weighted by Crippen LogP contribution is 2.31. The lowest BCUT2D eigenvalue weighted by atomic mass is 9.91. The fourth-order valence-corrected chi connectivity index (χ4v) is 3.96. The smallest absolute Gasteiger partial charge is 0.227 e. The maximum atomic E-state index is 13.4. The van der Waals surface area contributed by atoms with Gasteiger partial charge in [0.25, 0.3) is 0 Å². The van der Waals surface area contributed by atoms with E-state index in [-0.39, 0.29) is 24.1 Å². The van der Waals surface area contributed by atoms with Crippen LogP contribution in [0.4, 0.5) is 4.39 Å². The summed E-state index contributed by atoms with van der Waals surface area (Å²) in [5.74, 6) is 1.38. The topological polar surface area (TPSA) is 55.3 Å². The van der Waals surface area contributed by atoms with Crippen molar-refractivity contribution in [3.05, 3.63) is 58.9 Å². The second kappa shape index (κ2) is 8.99. The van der Waals surface area contributed by atoms with Gasteiger partial charge >= 0.3 is 0 Å². The third-order valence-electron chi connectivity index (χ3n) is 5.73. The fourth-order valence-electron chi connectivity index (χ4n) is 3.96. The van der Waals surface area contributed by atoms with Gasteiger partial charge in [-0.2, -0.15) is 0 Å². The van der Waals surface area contributed by atoms with Crippen molar-refractivity contribution in [2.45, 2.75) is 51.6 Å². The zero-order chi connectivity index (χ0) is 20.2. The van der Waals surface area contributed by atoms with Gasteiger partial charge in [0.15, 0.2) is 0 Å². The highest BCUT2D eigenvalue weighted by atomic mass is 19.1. The molecule has 1 aliphatic heterocycles. The van der Waals surface area contributed by atoms with Crippen molar-refractivity contribution in [3.8, 4) is 0 Å². The number of ether oxygens (including phenoxy) is 1. The number of aromatic nitrogens is 2. The Morgan fingerprint density at radius 3 is 2.97 bits per heavy atom. The molecule has 0 bridgehead atoms. The molecule has 1 atom stereocenters. The minimum Gasteiger partial charge on any atom is -0.376 e. The second-order valence-electron chi connectivity index (χ2n) is 8.27. The molecule has 5 nitrogen and oxygen atoms in total. The molecule has 2 fully saturated rings. The molecule has 1 amide bonds. The first-order valence-corrected chi connectivity index (χ1v) is 10.5. The van der Waals surface area contributed by atoms with Crippen LogP contribution in [0.2, 0.25) is 0 Å². The molecule has 4 rings (SSSR count). The van der Waals surface area contributed by atoms with Crippen molar-refractivity contribution in [2.75, 3.05) is 19.7 Å². The first kappa shape index (κ1) is 20.0. The number of hydrogen-bond acceptors (Lipinski definition) is 4. The van der Waals surface area contributed by atoms with E-state index in [1.54, 1.807) is 12.1 Å². The molecule has 1 saturated carbocycles. The van der Waals surface area contributed by atoms with Crippen LogP contribution in [0.25, 0.3) is 0 Å². The van der Waals surface area contributed by atoms with Crippen molar-refractivity contribution in [1.82, 2.24) is 14.9 Å². The summed E-state index contributed by atoms with van der Waals surface area (Å²) in [6.45, 7) is 4.60. The molecule has 1 aromatic heterocycles. The number of carbonyl (C=O) groups excluding carboxylic acids is 1. The third kappa shape index (κ3) is 5.38. The van der Waals surface area contributed by atoms with Crippen LogP contribution in [0.3, 0.4) is 0 Å². The number of aryl methyl sites for hydroxylation is 1. The molecule has 1 unspecified atom stereocenters. The molecule has 1 saturated heterocycles. The monoisotopic (exact) mass is 397 g/mol. The Hall–Kier alpha value is -2.34. The van der Waals surface area contributed by atoms with Gasteiger partial charge in [-0.05, 0) is 56.2 Å². The molecule has 1 aliphatic carbocycles. The minimum absolute atomic E-state index is 0.0395. The van der Waals surface area contributed by atoms with Gasteiger partial charge in [0.05, 0.1) is 18.7 Å². The van der Waals surface area contributed by atoms with Gasteiger partial charge in [0.2, 0.25) is 5.91 Å². The van der Waals surface area contributed by atoms with Crippen LogP contribution in [0, 0.1) is 18.7 Å². The highest BCUT2D eigenvalue weighted by Gasteiger charge is 2.28. The molecular formula is C23H28FN3O2. The molecular weight excluding hydrogens is 369 g/mol. The van der Waals surface area contributed by atoms with E-state index in [0.29, 0.717) is 18.7 Å². The highest BCUT2D eigenvalue weighted by molar-refractivity contribution is 5.79. The van der Waals surface area contributed by atoms with Gasteiger partial charge in [-0.25, -0.2) is 14.4 Å². The molecule has 6 heteroatoms. The van der Waals surface area contributed by atoms with Gasteiger partial charge in [-0.3, -0.25) is 4.79 Å². The van der Waals surface area contributed by atoms with Crippen molar-refractivity contribution < 1.29 is 13.9 Å². The number of carbonyl (C=O) groups is 1. The summed E-state index contributed by atoms with van der Waals surface area (Å²) in [6.07, 6.45) is 6.56. The predicted molar refractivity (Wildman–Crippen MR) is 108 cm³/mol. The quantitative estimate of drug-likeness (QED) is 0.713. The summed E-state index contributed by atoms with van der Waals surface area (Å²) in [4.78, 5) is 23.8. The summed E-state index contributed by atoms with van der Waals surface area (Å²) in [5, 5.41) is 0. The third-order valence-corrected chi connectivity index (χ3v) is 5.73. The number of likely N-dealkylation sites (tertiary alicyclic amines) is 1. The standard InChI is InChI=1S/C23H28FN3O2/c1-16-25-12-20(15-29-14-17-7-8-17)23(26-16)19-5-3-9-27(13-19)22(28)11-18-4-2-6-21(24)10-18/h2,4,6,10,12,17,19H,3,5,7-9,11,13-15H2,1H3. The zero-order valence-electron chi connectivity index (χ0n) is 16.9. The normalized spacial score (nSPS) is 19.4. The average molecular weight is 397 g/mol. The van der Waals surface area contributed by atoms with E-state index < -0.39 is 0 Å². The Balaban J connectivity index is 1.43. The van der Waals surface area contributed by atoms with Crippen molar-refractivity contribution >= 4 is 5.91 Å². The zero-order valence-corrected chi connectivity index (χ0v) is 16.9. The summed E-state index contributed by atoms with van der Waals surface area (Å²) in [7, 11) is 0. The molecule has 0 N–H and O–H groups in total. The minimum atomic E-state index is -0.306. The second-order valence-corrected chi connectivity index (χ2v) is 8.27. The predicted octanol–water partition coefficient (Wildman–Crippen LogP) is 3.80. The number of amides is 1. The fraction of sp³-hybridized carbons (Fsp3) is 0.522. The summed E-state index contributed by atoms with van der Waals surface area (Å²) in [6, 6.07) is 6.28. The van der Waals surface area contributed by atoms with Gasteiger partial charge in [-0.15, -0.1) is 0 Å². The van der Waals surface area contributed by atoms with Crippen molar-refractivity contribution in [1.29, 1.82) is 0 Å². The van der Waals surface area contributed by atoms with Crippen LogP contribution in [0.15, 0.2) is 30.5 Å². The van der Waals surface area contributed by atoms with Crippen LogP contribution >= 0.6 is 0 Å². The first-order valence-electron chi connectivity index (χ1n) is 10.5. The number of rotatable bonds is 7. The van der Waals surface area contributed by atoms with Gasteiger partial charge in [0, 0.05) is 37.4 Å². The SMILES string of the molecule is Cc1ncc(COCC2CC2)c(C2CCCN(C(=O)Cc3cccc(F)c3)C2)n1. The van der Waals surface area contributed by atoms with E-state index in [9.17, 15) is 9.18 Å². The van der Waals surface area contributed by atoms with Crippen molar-refractivity contribution in [2.24, 2.45) is 5.92 Å². The lowest BCUT2D eigenvalue weighted by molar-refractivity contribution is -0.131. The number of nitrogens with zero attached hydrogens (tertiary/aromatic N) is 3.